The molecule has 0 aromatic rings. The molecule has 1 fully saturated rings. The maximum atomic E-state index is 11.5. The maximum absolute atomic E-state index is 11.5. The SMILES string of the molecule is CCN(C)CCNC(=O)C1CNC(=O)C1. The summed E-state index contributed by atoms with van der Waals surface area (Å²) in [6, 6.07) is 0. The number of amides is 2. The van der Waals surface area contributed by atoms with E-state index in [-0.39, 0.29) is 17.7 Å². The molecule has 0 bridgehead atoms. The van der Waals surface area contributed by atoms with Crippen LogP contribution in [0.2, 0.25) is 0 Å². The molecule has 1 atom stereocenters. The summed E-state index contributed by atoms with van der Waals surface area (Å²) in [5.41, 5.74) is 0. The standard InChI is InChI=1S/C10H19N3O2/c1-3-13(2)5-4-11-10(15)8-6-9(14)12-7-8/h8H,3-7H2,1-2H3,(H,11,15)(H,12,14). The molecular weight excluding hydrogens is 194 g/mol. The fourth-order valence-corrected chi connectivity index (χ4v) is 1.46. The maximum Gasteiger partial charge on any atom is 0.225 e. The second-order valence-electron chi connectivity index (χ2n) is 3.89. The minimum atomic E-state index is -0.176. The molecule has 2 N–H and O–H groups in total. The Labute approximate surface area is 90.2 Å². The number of carbonyl (C=O) groups is 2. The van der Waals surface area contributed by atoms with Crippen LogP contribution in [-0.2, 0) is 9.59 Å². The van der Waals surface area contributed by atoms with Crippen LogP contribution in [0.5, 0.6) is 0 Å². The van der Waals surface area contributed by atoms with Crippen molar-refractivity contribution in [2.45, 2.75) is 13.3 Å². The first-order chi connectivity index (χ1) is 7.13. The van der Waals surface area contributed by atoms with E-state index in [1.165, 1.54) is 0 Å². The third-order valence-corrected chi connectivity index (χ3v) is 2.68. The number of hydrogen-bond acceptors (Lipinski definition) is 3. The molecule has 0 aromatic carbocycles. The first kappa shape index (κ1) is 12.0. The van der Waals surface area contributed by atoms with E-state index in [2.05, 4.69) is 22.5 Å². The summed E-state index contributed by atoms with van der Waals surface area (Å²) in [4.78, 5) is 24.5. The first-order valence-electron chi connectivity index (χ1n) is 5.36. The molecule has 0 aromatic heterocycles. The summed E-state index contributed by atoms with van der Waals surface area (Å²) in [5, 5.41) is 5.49. The van der Waals surface area contributed by atoms with Crippen LogP contribution in [0.3, 0.4) is 0 Å². The molecule has 1 saturated heterocycles. The zero-order valence-corrected chi connectivity index (χ0v) is 9.38. The largest absolute Gasteiger partial charge is 0.355 e. The van der Waals surface area contributed by atoms with Crippen LogP contribution in [0.4, 0.5) is 0 Å². The molecule has 1 aliphatic heterocycles. The van der Waals surface area contributed by atoms with Crippen molar-refractivity contribution in [3.63, 3.8) is 0 Å². The minimum absolute atomic E-state index is 0.0159. The van der Waals surface area contributed by atoms with Gasteiger partial charge in [-0.3, -0.25) is 9.59 Å². The Morgan fingerprint density at radius 1 is 1.67 bits per heavy atom. The van der Waals surface area contributed by atoms with Gasteiger partial charge in [0.1, 0.15) is 0 Å². The number of nitrogens with zero attached hydrogens (tertiary/aromatic N) is 1. The molecule has 2 amide bonds. The highest BCUT2D eigenvalue weighted by atomic mass is 16.2. The fourth-order valence-electron chi connectivity index (χ4n) is 1.46. The van der Waals surface area contributed by atoms with Crippen LogP contribution in [0.1, 0.15) is 13.3 Å². The highest BCUT2D eigenvalue weighted by Crippen LogP contribution is 2.08. The Morgan fingerprint density at radius 2 is 2.40 bits per heavy atom. The van der Waals surface area contributed by atoms with E-state index in [4.69, 9.17) is 0 Å². The van der Waals surface area contributed by atoms with Crippen molar-refractivity contribution in [1.29, 1.82) is 0 Å². The van der Waals surface area contributed by atoms with Crippen molar-refractivity contribution in [2.75, 3.05) is 33.2 Å². The molecule has 0 radical (unpaired) electrons. The molecular formula is C10H19N3O2. The fraction of sp³-hybridized carbons (Fsp3) is 0.800. The summed E-state index contributed by atoms with van der Waals surface area (Å²) in [6.07, 6.45) is 0.329. The van der Waals surface area contributed by atoms with Gasteiger partial charge in [-0.25, -0.2) is 0 Å². The van der Waals surface area contributed by atoms with E-state index in [9.17, 15) is 9.59 Å². The Kier molecular flexibility index (Phi) is 4.55. The average Bonchev–Trinajstić information content (AvgIpc) is 2.64. The zero-order chi connectivity index (χ0) is 11.3. The number of hydrogen-bond donors (Lipinski definition) is 2. The summed E-state index contributed by atoms with van der Waals surface area (Å²) in [7, 11) is 2.01. The van der Waals surface area contributed by atoms with Crippen molar-refractivity contribution in [2.24, 2.45) is 5.92 Å². The third-order valence-electron chi connectivity index (χ3n) is 2.68. The van der Waals surface area contributed by atoms with Crippen LogP contribution < -0.4 is 10.6 Å². The van der Waals surface area contributed by atoms with Gasteiger partial charge in [0.25, 0.3) is 0 Å². The molecule has 0 aliphatic carbocycles. The van der Waals surface area contributed by atoms with Gasteiger partial charge < -0.3 is 15.5 Å². The lowest BCUT2D eigenvalue weighted by molar-refractivity contribution is -0.126. The third kappa shape index (κ3) is 3.87. The van der Waals surface area contributed by atoms with Crippen molar-refractivity contribution in [1.82, 2.24) is 15.5 Å². The quantitative estimate of drug-likeness (QED) is 0.628. The van der Waals surface area contributed by atoms with Gasteiger partial charge in [-0.15, -0.1) is 0 Å². The summed E-state index contributed by atoms with van der Waals surface area (Å²) >= 11 is 0. The molecule has 0 spiro atoms. The van der Waals surface area contributed by atoms with Crippen LogP contribution in [0.25, 0.3) is 0 Å². The molecule has 15 heavy (non-hydrogen) atoms. The van der Waals surface area contributed by atoms with Crippen LogP contribution in [0.15, 0.2) is 0 Å². The molecule has 0 saturated carbocycles. The lowest BCUT2D eigenvalue weighted by Crippen LogP contribution is -2.37. The number of nitrogens with one attached hydrogen (secondary N) is 2. The molecule has 5 nitrogen and oxygen atoms in total. The minimum Gasteiger partial charge on any atom is -0.355 e. The Balaban J connectivity index is 2.16. The van der Waals surface area contributed by atoms with E-state index in [1.807, 2.05) is 7.05 Å². The highest BCUT2D eigenvalue weighted by Gasteiger charge is 2.27. The Bertz CT molecular complexity index is 243. The molecule has 5 heteroatoms. The predicted octanol–water partition coefficient (Wildman–Crippen LogP) is -0.810. The average molecular weight is 213 g/mol. The smallest absolute Gasteiger partial charge is 0.225 e. The molecule has 1 aliphatic rings. The van der Waals surface area contributed by atoms with E-state index < -0.39 is 0 Å². The van der Waals surface area contributed by atoms with Crippen molar-refractivity contribution in [3.05, 3.63) is 0 Å². The number of likely N-dealkylation sites (N-methyl/N-ethyl adjacent to an activating group) is 1. The number of rotatable bonds is 5. The molecule has 1 unspecified atom stereocenters. The topological polar surface area (TPSA) is 61.4 Å². The monoisotopic (exact) mass is 213 g/mol. The zero-order valence-electron chi connectivity index (χ0n) is 9.38. The van der Waals surface area contributed by atoms with Gasteiger partial charge in [-0.1, -0.05) is 6.92 Å². The van der Waals surface area contributed by atoms with Crippen molar-refractivity contribution >= 4 is 11.8 Å². The van der Waals surface area contributed by atoms with Gasteiger partial charge in [0, 0.05) is 26.1 Å². The van der Waals surface area contributed by atoms with Crippen molar-refractivity contribution < 1.29 is 9.59 Å². The molecule has 86 valence electrons. The van der Waals surface area contributed by atoms with Crippen LogP contribution in [-0.4, -0.2) is 49.9 Å². The summed E-state index contributed by atoms with van der Waals surface area (Å²) in [5.74, 6) is -0.219. The first-order valence-corrected chi connectivity index (χ1v) is 5.36. The van der Waals surface area contributed by atoms with Gasteiger partial charge in [0.2, 0.25) is 11.8 Å². The summed E-state index contributed by atoms with van der Waals surface area (Å²) < 4.78 is 0. The van der Waals surface area contributed by atoms with E-state index >= 15 is 0 Å². The van der Waals surface area contributed by atoms with Gasteiger partial charge in [-0.2, -0.15) is 0 Å². The second-order valence-corrected chi connectivity index (χ2v) is 3.89. The van der Waals surface area contributed by atoms with Gasteiger partial charge in [-0.05, 0) is 13.6 Å². The highest BCUT2D eigenvalue weighted by molar-refractivity contribution is 5.89. The van der Waals surface area contributed by atoms with Gasteiger partial charge in [0.05, 0.1) is 5.92 Å². The predicted molar refractivity (Wildman–Crippen MR) is 57.3 cm³/mol. The number of carbonyl (C=O) groups excluding carboxylic acids is 2. The summed E-state index contributed by atoms with van der Waals surface area (Å²) in [6.45, 7) is 5.01. The van der Waals surface area contributed by atoms with Crippen LogP contribution in [0, 0.1) is 5.92 Å². The molecule has 1 heterocycles. The van der Waals surface area contributed by atoms with Gasteiger partial charge in [0.15, 0.2) is 0 Å². The second kappa shape index (κ2) is 5.70. The van der Waals surface area contributed by atoms with Crippen molar-refractivity contribution in [3.8, 4) is 0 Å². The lowest BCUT2D eigenvalue weighted by atomic mass is 10.1. The lowest BCUT2D eigenvalue weighted by Gasteiger charge is -2.15. The van der Waals surface area contributed by atoms with E-state index in [0.29, 0.717) is 19.5 Å². The Morgan fingerprint density at radius 3 is 2.93 bits per heavy atom. The van der Waals surface area contributed by atoms with E-state index in [0.717, 1.165) is 13.1 Å². The van der Waals surface area contributed by atoms with Crippen LogP contribution >= 0.6 is 0 Å². The van der Waals surface area contributed by atoms with E-state index in [1.54, 1.807) is 0 Å². The molecule has 1 rings (SSSR count). The van der Waals surface area contributed by atoms with Gasteiger partial charge >= 0.3 is 0 Å². The normalized spacial score (nSPS) is 20.5. The Hall–Kier alpha value is -1.10.